The van der Waals surface area contributed by atoms with Gasteiger partial charge < -0.3 is 24.4 Å². The van der Waals surface area contributed by atoms with Crippen LogP contribution in [0.5, 0.6) is 11.5 Å². The van der Waals surface area contributed by atoms with Crippen molar-refractivity contribution in [1.29, 1.82) is 0 Å². The Morgan fingerprint density at radius 1 is 1.06 bits per heavy atom. The highest BCUT2D eigenvalue weighted by molar-refractivity contribution is 6.46. The van der Waals surface area contributed by atoms with Crippen LogP contribution in [0.4, 0.5) is 0 Å². The minimum atomic E-state index is -0.731. The molecule has 0 aromatic heterocycles. The number of aliphatic hydroxyl groups excluding tert-OH is 1. The third kappa shape index (κ3) is 5.31. The number of ketones is 1. The summed E-state index contributed by atoms with van der Waals surface area (Å²) in [5.41, 5.74) is 1.07. The number of benzene rings is 2. The fraction of sp³-hybridized carbons (Fsp3) is 0.360. The first-order chi connectivity index (χ1) is 15.8. The molecule has 1 atom stereocenters. The molecule has 1 unspecified atom stereocenters. The van der Waals surface area contributed by atoms with Gasteiger partial charge >= 0.3 is 0 Å². The number of carbonyl (C=O) groups is 2. The third-order valence-corrected chi connectivity index (χ3v) is 5.64. The van der Waals surface area contributed by atoms with E-state index >= 15 is 0 Å². The summed E-state index contributed by atoms with van der Waals surface area (Å²) in [6.07, 6.45) is 0. The van der Waals surface area contributed by atoms with E-state index in [2.05, 4.69) is 0 Å². The molecule has 1 heterocycles. The summed E-state index contributed by atoms with van der Waals surface area (Å²) in [5.74, 6) is -0.482. The summed E-state index contributed by atoms with van der Waals surface area (Å²) in [4.78, 5) is 29.5. The van der Waals surface area contributed by atoms with Gasteiger partial charge in [0.2, 0.25) is 0 Å². The topological polar surface area (TPSA) is 79.3 Å². The summed E-state index contributed by atoms with van der Waals surface area (Å²) in [5, 5.41) is 11.5. The van der Waals surface area contributed by atoms with Crippen molar-refractivity contribution < 1.29 is 24.2 Å². The van der Waals surface area contributed by atoms with E-state index in [0.29, 0.717) is 54.0 Å². The van der Waals surface area contributed by atoms with Gasteiger partial charge in [-0.05, 0) is 63.8 Å². The van der Waals surface area contributed by atoms with E-state index < -0.39 is 17.7 Å². The van der Waals surface area contributed by atoms with Crippen molar-refractivity contribution in [2.45, 2.75) is 19.9 Å². The van der Waals surface area contributed by atoms with E-state index in [0.717, 1.165) is 0 Å². The number of ether oxygens (including phenoxy) is 2. The molecule has 176 valence electrons. The standard InChI is InChI=1S/C25H29ClN2O5/c1-5-32-18-10-7-16(8-11-18)22-21(24(30)25(31)28(22)14-13-27(3)4)23(29)17-9-12-20(33-6-2)19(26)15-17/h7-12,15,22,29H,5-6,13-14H2,1-4H3. The molecule has 1 aliphatic rings. The number of hydrogen-bond donors (Lipinski definition) is 1. The van der Waals surface area contributed by atoms with E-state index in [1.807, 2.05) is 45.0 Å². The van der Waals surface area contributed by atoms with Gasteiger partial charge in [-0.3, -0.25) is 9.59 Å². The molecular weight excluding hydrogens is 444 g/mol. The first kappa shape index (κ1) is 24.6. The van der Waals surface area contributed by atoms with Gasteiger partial charge in [-0.15, -0.1) is 0 Å². The Kier molecular flexibility index (Phi) is 8.00. The fourth-order valence-electron chi connectivity index (χ4n) is 3.75. The van der Waals surface area contributed by atoms with E-state index in [4.69, 9.17) is 21.1 Å². The van der Waals surface area contributed by atoms with Crippen LogP contribution >= 0.6 is 11.6 Å². The lowest BCUT2D eigenvalue weighted by Crippen LogP contribution is -2.35. The average Bonchev–Trinajstić information content (AvgIpc) is 3.04. The van der Waals surface area contributed by atoms with Gasteiger partial charge in [0.05, 0.1) is 29.9 Å². The lowest BCUT2D eigenvalue weighted by Gasteiger charge is -2.26. The van der Waals surface area contributed by atoms with Crippen LogP contribution in [0.2, 0.25) is 5.02 Å². The van der Waals surface area contributed by atoms with Crippen LogP contribution in [-0.4, -0.2) is 67.0 Å². The van der Waals surface area contributed by atoms with Crippen molar-refractivity contribution in [3.05, 3.63) is 64.2 Å². The van der Waals surface area contributed by atoms with Crippen LogP contribution in [0.15, 0.2) is 48.0 Å². The van der Waals surface area contributed by atoms with Crippen molar-refractivity contribution in [2.75, 3.05) is 40.4 Å². The Morgan fingerprint density at radius 3 is 2.30 bits per heavy atom. The summed E-state index contributed by atoms with van der Waals surface area (Å²) in [7, 11) is 3.79. The number of likely N-dealkylation sites (tertiary alicyclic amines) is 1. The quantitative estimate of drug-likeness (QED) is 0.336. The first-order valence-corrected chi connectivity index (χ1v) is 11.2. The van der Waals surface area contributed by atoms with Crippen LogP contribution in [0.3, 0.4) is 0 Å². The number of hydrogen-bond acceptors (Lipinski definition) is 6. The molecule has 0 bridgehead atoms. The minimum absolute atomic E-state index is 0.0307. The smallest absolute Gasteiger partial charge is 0.295 e. The van der Waals surface area contributed by atoms with Crippen LogP contribution in [0.25, 0.3) is 5.76 Å². The molecule has 0 aliphatic carbocycles. The monoisotopic (exact) mass is 472 g/mol. The van der Waals surface area contributed by atoms with Gasteiger partial charge in [0.1, 0.15) is 17.3 Å². The molecule has 1 saturated heterocycles. The Balaban J connectivity index is 2.10. The summed E-state index contributed by atoms with van der Waals surface area (Å²) in [6, 6.07) is 11.3. The molecule has 1 amide bonds. The van der Waals surface area contributed by atoms with Crippen LogP contribution in [0.1, 0.15) is 31.0 Å². The highest BCUT2D eigenvalue weighted by atomic mass is 35.5. The molecule has 33 heavy (non-hydrogen) atoms. The van der Waals surface area contributed by atoms with Crippen molar-refractivity contribution in [2.24, 2.45) is 0 Å². The number of aliphatic hydroxyl groups is 1. The molecule has 2 aromatic carbocycles. The number of amides is 1. The largest absolute Gasteiger partial charge is 0.507 e. The highest BCUT2D eigenvalue weighted by Crippen LogP contribution is 2.40. The molecule has 0 spiro atoms. The zero-order valence-corrected chi connectivity index (χ0v) is 20.1. The molecule has 0 saturated carbocycles. The molecule has 2 aromatic rings. The van der Waals surface area contributed by atoms with E-state index in [-0.39, 0.29) is 11.3 Å². The molecule has 1 fully saturated rings. The van der Waals surface area contributed by atoms with Crippen molar-refractivity contribution >= 4 is 29.1 Å². The zero-order chi connectivity index (χ0) is 24.1. The van der Waals surface area contributed by atoms with Gasteiger partial charge in [-0.25, -0.2) is 0 Å². The predicted octanol–water partition coefficient (Wildman–Crippen LogP) is 4.12. The van der Waals surface area contributed by atoms with E-state index in [9.17, 15) is 14.7 Å². The van der Waals surface area contributed by atoms with Gasteiger partial charge in [-0.1, -0.05) is 23.7 Å². The van der Waals surface area contributed by atoms with Crippen molar-refractivity contribution in [1.82, 2.24) is 9.80 Å². The van der Waals surface area contributed by atoms with Crippen LogP contribution in [0, 0.1) is 0 Å². The molecule has 1 N–H and O–H groups in total. The number of likely N-dealkylation sites (N-methyl/N-ethyl adjacent to an activating group) is 1. The van der Waals surface area contributed by atoms with Crippen molar-refractivity contribution in [3.8, 4) is 11.5 Å². The number of nitrogens with zero attached hydrogens (tertiary/aromatic N) is 2. The lowest BCUT2D eigenvalue weighted by molar-refractivity contribution is -0.140. The zero-order valence-electron chi connectivity index (χ0n) is 19.3. The molecular formula is C25H29ClN2O5. The first-order valence-electron chi connectivity index (χ1n) is 10.9. The SMILES string of the molecule is CCOc1ccc(C2C(=C(O)c3ccc(OCC)c(Cl)c3)C(=O)C(=O)N2CCN(C)C)cc1. The Morgan fingerprint density at radius 2 is 1.73 bits per heavy atom. The second-order valence-electron chi connectivity index (χ2n) is 7.88. The maximum atomic E-state index is 13.1. The second kappa shape index (κ2) is 10.7. The molecule has 3 rings (SSSR count). The summed E-state index contributed by atoms with van der Waals surface area (Å²) < 4.78 is 11.0. The Bertz CT molecular complexity index is 1050. The molecule has 1 aliphatic heterocycles. The number of Topliss-reactive ketones (excluding diaryl/α,β-unsaturated/α-hetero) is 1. The number of halogens is 1. The normalized spacial score (nSPS) is 17.6. The number of carbonyl (C=O) groups excluding carboxylic acids is 2. The van der Waals surface area contributed by atoms with Crippen molar-refractivity contribution in [3.63, 3.8) is 0 Å². The minimum Gasteiger partial charge on any atom is -0.507 e. The van der Waals surface area contributed by atoms with Crippen LogP contribution in [-0.2, 0) is 9.59 Å². The van der Waals surface area contributed by atoms with Gasteiger partial charge in [-0.2, -0.15) is 0 Å². The molecule has 7 nitrogen and oxygen atoms in total. The predicted molar refractivity (Wildman–Crippen MR) is 128 cm³/mol. The maximum Gasteiger partial charge on any atom is 0.295 e. The Hall–Kier alpha value is -3.03. The van der Waals surface area contributed by atoms with Gasteiger partial charge in [0, 0.05) is 18.7 Å². The van der Waals surface area contributed by atoms with Gasteiger partial charge in [0.25, 0.3) is 11.7 Å². The average molecular weight is 473 g/mol. The third-order valence-electron chi connectivity index (χ3n) is 5.34. The van der Waals surface area contributed by atoms with Gasteiger partial charge in [0.15, 0.2) is 0 Å². The Labute approximate surface area is 199 Å². The van der Waals surface area contributed by atoms with E-state index in [1.165, 1.54) is 11.0 Å². The summed E-state index contributed by atoms with van der Waals surface area (Å²) >= 11 is 6.30. The lowest BCUT2D eigenvalue weighted by atomic mass is 9.95. The molecule has 8 heteroatoms. The fourth-order valence-corrected chi connectivity index (χ4v) is 3.99. The summed E-state index contributed by atoms with van der Waals surface area (Å²) in [6.45, 7) is 5.60. The van der Waals surface area contributed by atoms with E-state index in [1.54, 1.807) is 24.3 Å². The maximum absolute atomic E-state index is 13.1. The highest BCUT2D eigenvalue weighted by Gasteiger charge is 2.45. The number of rotatable bonds is 9. The van der Waals surface area contributed by atoms with Crippen LogP contribution < -0.4 is 9.47 Å². The second-order valence-corrected chi connectivity index (χ2v) is 8.28. The molecule has 0 radical (unpaired) electrons.